The van der Waals surface area contributed by atoms with Crippen LogP contribution < -0.4 is 11.1 Å². The molecule has 0 radical (unpaired) electrons. The van der Waals surface area contributed by atoms with Gasteiger partial charge in [-0.15, -0.1) is 0 Å². The molecule has 17 heavy (non-hydrogen) atoms. The molecule has 1 aromatic heterocycles. The van der Waals surface area contributed by atoms with Gasteiger partial charge in [0.2, 0.25) is 0 Å². The summed E-state index contributed by atoms with van der Waals surface area (Å²) in [6.07, 6.45) is 1.87. The van der Waals surface area contributed by atoms with E-state index in [0.717, 1.165) is 0 Å². The molecular formula is C9H12N4O4. The van der Waals surface area contributed by atoms with Gasteiger partial charge < -0.3 is 20.5 Å². The van der Waals surface area contributed by atoms with Crippen LogP contribution in [0.15, 0.2) is 12.4 Å². The summed E-state index contributed by atoms with van der Waals surface area (Å²) in [5.74, 6) is -0.199. The third kappa shape index (κ3) is 4.33. The van der Waals surface area contributed by atoms with Gasteiger partial charge in [-0.1, -0.05) is 0 Å². The van der Waals surface area contributed by atoms with E-state index in [4.69, 9.17) is 5.73 Å². The minimum atomic E-state index is -0.846. The van der Waals surface area contributed by atoms with Crippen LogP contribution in [-0.4, -0.2) is 42.3 Å². The first-order chi connectivity index (χ1) is 8.13. The number of nitrogens with two attached hydrogens (primary N) is 1. The van der Waals surface area contributed by atoms with E-state index >= 15 is 0 Å². The zero-order valence-corrected chi connectivity index (χ0v) is 9.17. The van der Waals surface area contributed by atoms with Crippen LogP contribution in [0.2, 0.25) is 0 Å². The van der Waals surface area contributed by atoms with Crippen molar-refractivity contribution in [2.24, 2.45) is 5.73 Å². The molecule has 0 aliphatic rings. The zero-order valence-electron chi connectivity index (χ0n) is 9.17. The fourth-order valence-corrected chi connectivity index (χ4v) is 0.985. The van der Waals surface area contributed by atoms with Crippen LogP contribution in [0.3, 0.4) is 0 Å². The molecule has 3 N–H and O–H groups in total. The molecule has 1 amide bonds. The summed E-state index contributed by atoms with van der Waals surface area (Å²) in [4.78, 5) is 29.2. The highest BCUT2D eigenvalue weighted by Crippen LogP contribution is 2.02. The number of primary amides is 1. The van der Waals surface area contributed by atoms with E-state index in [9.17, 15) is 9.59 Å². The summed E-state index contributed by atoms with van der Waals surface area (Å²) in [7, 11) is 1.25. The average Bonchev–Trinajstić information content (AvgIpc) is 2.34. The van der Waals surface area contributed by atoms with E-state index in [1.54, 1.807) is 0 Å². The number of nitrogens with one attached hydrogen (secondary N) is 1. The van der Waals surface area contributed by atoms with Crippen molar-refractivity contribution in [1.29, 1.82) is 0 Å². The van der Waals surface area contributed by atoms with Crippen LogP contribution in [0.25, 0.3) is 0 Å². The molecule has 8 heteroatoms. The molecule has 0 bridgehead atoms. The molecule has 0 saturated carbocycles. The van der Waals surface area contributed by atoms with Crippen molar-refractivity contribution in [2.75, 3.05) is 25.6 Å². The predicted molar refractivity (Wildman–Crippen MR) is 57.4 cm³/mol. The zero-order chi connectivity index (χ0) is 12.7. The topological polar surface area (TPSA) is 116 Å². The predicted octanol–water partition coefficient (Wildman–Crippen LogP) is -0.230. The molecule has 0 aliphatic carbocycles. The molecule has 1 rings (SSSR count). The molecule has 0 aromatic carbocycles. The second-order valence-corrected chi connectivity index (χ2v) is 2.88. The molecule has 1 heterocycles. The van der Waals surface area contributed by atoms with Crippen molar-refractivity contribution < 1.29 is 19.1 Å². The lowest BCUT2D eigenvalue weighted by Gasteiger charge is -2.05. The van der Waals surface area contributed by atoms with Crippen LogP contribution >= 0.6 is 0 Å². The third-order valence-corrected chi connectivity index (χ3v) is 1.68. The summed E-state index contributed by atoms with van der Waals surface area (Å²) in [6.45, 7) is 0.404. The minimum Gasteiger partial charge on any atom is -0.464 e. The number of esters is 1. The van der Waals surface area contributed by atoms with Crippen molar-refractivity contribution >= 4 is 17.9 Å². The van der Waals surface area contributed by atoms with Gasteiger partial charge in [0.15, 0.2) is 5.69 Å². The number of nitrogens with zero attached hydrogens (tertiary/aromatic N) is 2. The largest absolute Gasteiger partial charge is 0.464 e. The summed E-state index contributed by atoms with van der Waals surface area (Å²) >= 11 is 0. The summed E-state index contributed by atoms with van der Waals surface area (Å²) in [5, 5.41) is 2.81. The summed E-state index contributed by atoms with van der Waals surface area (Å²) < 4.78 is 8.99. The Balaban J connectivity index is 2.48. The summed E-state index contributed by atoms with van der Waals surface area (Å²) in [5.41, 5.74) is 4.87. The maximum absolute atomic E-state index is 11.1. The van der Waals surface area contributed by atoms with Gasteiger partial charge >= 0.3 is 12.1 Å². The number of ether oxygens (including phenoxy) is 2. The fraction of sp³-hybridized carbons (Fsp3) is 0.333. The number of methoxy groups -OCH3 is 1. The summed E-state index contributed by atoms with van der Waals surface area (Å²) in [6, 6.07) is 0. The molecule has 0 spiro atoms. The Hall–Kier alpha value is -2.38. The van der Waals surface area contributed by atoms with Crippen molar-refractivity contribution in [2.45, 2.75) is 0 Å². The molecule has 0 aliphatic heterocycles. The SMILES string of the molecule is COC(=O)c1cncc(NCCOC(N)=O)n1. The number of carbonyl (C=O) groups is 2. The van der Waals surface area contributed by atoms with E-state index in [1.165, 1.54) is 19.5 Å². The van der Waals surface area contributed by atoms with E-state index in [1.807, 2.05) is 0 Å². The van der Waals surface area contributed by atoms with Crippen LogP contribution in [0.4, 0.5) is 10.6 Å². The normalized spacial score (nSPS) is 9.47. The lowest BCUT2D eigenvalue weighted by molar-refractivity contribution is 0.0593. The first-order valence-electron chi connectivity index (χ1n) is 4.70. The molecule has 0 unspecified atom stereocenters. The molecule has 92 valence electrons. The highest BCUT2D eigenvalue weighted by atomic mass is 16.5. The Morgan fingerprint density at radius 1 is 1.47 bits per heavy atom. The Bertz CT molecular complexity index is 410. The Labute approximate surface area is 97.1 Å². The average molecular weight is 240 g/mol. The maximum Gasteiger partial charge on any atom is 0.404 e. The number of rotatable bonds is 5. The smallest absolute Gasteiger partial charge is 0.404 e. The quantitative estimate of drug-likeness (QED) is 0.539. The third-order valence-electron chi connectivity index (χ3n) is 1.68. The molecule has 0 atom stereocenters. The van der Waals surface area contributed by atoms with Gasteiger partial charge in [0.1, 0.15) is 12.4 Å². The molecular weight excluding hydrogens is 228 g/mol. The lowest BCUT2D eigenvalue weighted by Crippen LogP contribution is -2.19. The number of anilines is 1. The highest BCUT2D eigenvalue weighted by Gasteiger charge is 2.08. The second kappa shape index (κ2) is 6.26. The molecule has 0 fully saturated rings. The Morgan fingerprint density at radius 2 is 2.24 bits per heavy atom. The first kappa shape index (κ1) is 12.7. The second-order valence-electron chi connectivity index (χ2n) is 2.88. The van der Waals surface area contributed by atoms with Crippen LogP contribution in [0.5, 0.6) is 0 Å². The van der Waals surface area contributed by atoms with Gasteiger partial charge in [-0.3, -0.25) is 4.98 Å². The number of hydrogen-bond donors (Lipinski definition) is 2. The van der Waals surface area contributed by atoms with Gasteiger partial charge in [0.25, 0.3) is 0 Å². The van der Waals surface area contributed by atoms with Gasteiger partial charge in [0.05, 0.1) is 26.0 Å². The highest BCUT2D eigenvalue weighted by molar-refractivity contribution is 5.87. The number of hydrogen-bond acceptors (Lipinski definition) is 7. The van der Waals surface area contributed by atoms with E-state index < -0.39 is 12.1 Å². The van der Waals surface area contributed by atoms with Crippen molar-refractivity contribution in [3.8, 4) is 0 Å². The standard InChI is InChI=1S/C9H12N4O4/c1-16-8(14)6-4-11-5-7(13-6)12-2-3-17-9(10)15/h4-5H,2-3H2,1H3,(H2,10,15)(H,12,13). The first-order valence-corrected chi connectivity index (χ1v) is 4.70. The monoisotopic (exact) mass is 240 g/mol. The van der Waals surface area contributed by atoms with Crippen molar-refractivity contribution in [3.63, 3.8) is 0 Å². The lowest BCUT2D eigenvalue weighted by atomic mass is 10.4. The molecule has 0 saturated heterocycles. The maximum atomic E-state index is 11.1. The van der Waals surface area contributed by atoms with Crippen molar-refractivity contribution in [1.82, 2.24) is 9.97 Å². The Kier molecular flexibility index (Phi) is 4.67. The molecule has 8 nitrogen and oxygen atoms in total. The van der Waals surface area contributed by atoms with Crippen LogP contribution in [0, 0.1) is 0 Å². The van der Waals surface area contributed by atoms with Gasteiger partial charge in [-0.25, -0.2) is 14.6 Å². The molecule has 1 aromatic rings. The fourth-order valence-electron chi connectivity index (χ4n) is 0.985. The minimum absolute atomic E-state index is 0.0910. The van der Waals surface area contributed by atoms with E-state index in [2.05, 4.69) is 24.8 Å². The Morgan fingerprint density at radius 3 is 2.88 bits per heavy atom. The van der Waals surface area contributed by atoms with Crippen molar-refractivity contribution in [3.05, 3.63) is 18.1 Å². The number of aromatic nitrogens is 2. The van der Waals surface area contributed by atoms with Gasteiger partial charge in [-0.05, 0) is 0 Å². The van der Waals surface area contributed by atoms with Crippen LogP contribution in [0.1, 0.15) is 10.5 Å². The van der Waals surface area contributed by atoms with Crippen LogP contribution in [-0.2, 0) is 9.47 Å². The van der Waals surface area contributed by atoms with Gasteiger partial charge in [0, 0.05) is 0 Å². The van der Waals surface area contributed by atoms with E-state index in [-0.39, 0.29) is 12.3 Å². The number of carbonyl (C=O) groups excluding carboxylic acids is 2. The van der Waals surface area contributed by atoms with Gasteiger partial charge in [-0.2, -0.15) is 0 Å². The number of amides is 1. The van der Waals surface area contributed by atoms with E-state index in [0.29, 0.717) is 12.4 Å².